The Kier molecular flexibility index (Phi) is 4.68. The summed E-state index contributed by atoms with van der Waals surface area (Å²) >= 11 is 0. The molecule has 0 saturated heterocycles. The number of benzene rings is 2. The van der Waals surface area contributed by atoms with Gasteiger partial charge in [-0.1, -0.05) is 32.0 Å². The van der Waals surface area contributed by atoms with Gasteiger partial charge in [-0.05, 0) is 36.2 Å². The van der Waals surface area contributed by atoms with Crippen LogP contribution in [0.5, 0.6) is 0 Å². The molecule has 1 aromatic heterocycles. The van der Waals surface area contributed by atoms with E-state index in [-0.39, 0.29) is 10.8 Å². The van der Waals surface area contributed by atoms with E-state index >= 15 is 0 Å². The van der Waals surface area contributed by atoms with E-state index < -0.39 is 10.0 Å². The maximum atomic E-state index is 13.1. The van der Waals surface area contributed by atoms with E-state index in [1.807, 2.05) is 38.1 Å². The van der Waals surface area contributed by atoms with Crippen LogP contribution in [0.2, 0.25) is 0 Å². The number of sulfonamides is 1. The number of fused-ring (bicyclic) bond motifs is 2. The van der Waals surface area contributed by atoms with Gasteiger partial charge in [0.15, 0.2) is 5.69 Å². The van der Waals surface area contributed by atoms with Gasteiger partial charge < -0.3 is 4.90 Å². The molecule has 3 aromatic rings. The summed E-state index contributed by atoms with van der Waals surface area (Å²) in [4.78, 5) is 15.0. The number of carbonyl (C=O) groups excluding carboxylic acids is 1. The normalized spacial score (nSPS) is 14.0. The topological polar surface area (TPSA) is 86.4 Å². The lowest BCUT2D eigenvalue weighted by Crippen LogP contribution is -2.31. The standard InChI is InChI=1S/C20H22N4O3S/c1-3-23(4-2)28(26,27)15-9-10-18-14(13-15)11-12-24(18)20(25)19-16-7-5-6-8-17(16)21-22-19/h5-10,13H,3-4,11-12H2,1-2H3,(H,21,22). The number of amides is 1. The Hall–Kier alpha value is -2.71. The van der Waals surface area contributed by atoms with Crippen molar-refractivity contribution in [2.45, 2.75) is 25.2 Å². The van der Waals surface area contributed by atoms with Gasteiger partial charge in [-0.25, -0.2) is 8.42 Å². The summed E-state index contributed by atoms with van der Waals surface area (Å²) in [5.41, 5.74) is 2.80. The van der Waals surface area contributed by atoms with Crippen LogP contribution in [0.4, 0.5) is 5.69 Å². The molecule has 146 valence electrons. The minimum absolute atomic E-state index is 0.185. The zero-order chi connectivity index (χ0) is 19.9. The quantitative estimate of drug-likeness (QED) is 0.716. The number of hydrogen-bond acceptors (Lipinski definition) is 4. The van der Waals surface area contributed by atoms with Crippen LogP contribution in [0.3, 0.4) is 0 Å². The second-order valence-corrected chi connectivity index (χ2v) is 8.64. The zero-order valence-corrected chi connectivity index (χ0v) is 16.7. The number of nitrogens with zero attached hydrogens (tertiary/aromatic N) is 3. The molecular weight excluding hydrogens is 376 g/mol. The third kappa shape index (κ3) is 2.89. The molecule has 0 fully saturated rings. The molecule has 1 amide bonds. The number of carbonyl (C=O) groups is 1. The Balaban J connectivity index is 1.68. The number of nitrogens with one attached hydrogen (secondary N) is 1. The van der Waals surface area contributed by atoms with Gasteiger partial charge in [0.25, 0.3) is 5.91 Å². The van der Waals surface area contributed by atoms with Crippen LogP contribution in [0.1, 0.15) is 29.9 Å². The Labute approximate surface area is 164 Å². The second-order valence-electron chi connectivity index (χ2n) is 6.70. The number of anilines is 1. The fraction of sp³-hybridized carbons (Fsp3) is 0.300. The Morgan fingerprint density at radius 2 is 1.93 bits per heavy atom. The largest absolute Gasteiger partial charge is 0.306 e. The van der Waals surface area contributed by atoms with E-state index in [4.69, 9.17) is 0 Å². The van der Waals surface area contributed by atoms with Crippen molar-refractivity contribution < 1.29 is 13.2 Å². The molecule has 7 nitrogen and oxygen atoms in total. The maximum Gasteiger partial charge on any atom is 0.279 e. The molecule has 0 saturated carbocycles. The SMILES string of the molecule is CCN(CC)S(=O)(=O)c1ccc2c(c1)CCN2C(=O)c1n[nH]c2ccccc12. The number of rotatable bonds is 5. The number of hydrogen-bond donors (Lipinski definition) is 1. The molecule has 0 aliphatic carbocycles. The van der Waals surface area contributed by atoms with E-state index in [2.05, 4.69) is 10.2 Å². The molecule has 28 heavy (non-hydrogen) atoms. The molecule has 0 radical (unpaired) electrons. The number of H-pyrrole nitrogens is 1. The Morgan fingerprint density at radius 3 is 2.68 bits per heavy atom. The first-order valence-electron chi connectivity index (χ1n) is 9.35. The second kappa shape index (κ2) is 7.03. The number of para-hydroxylation sites is 1. The first-order valence-corrected chi connectivity index (χ1v) is 10.8. The van der Waals surface area contributed by atoms with Gasteiger partial charge in [-0.2, -0.15) is 9.40 Å². The summed E-state index contributed by atoms with van der Waals surface area (Å²) in [6, 6.07) is 12.5. The Morgan fingerprint density at radius 1 is 1.18 bits per heavy atom. The fourth-order valence-electron chi connectivity index (χ4n) is 3.72. The predicted molar refractivity (Wildman–Crippen MR) is 108 cm³/mol. The summed E-state index contributed by atoms with van der Waals surface area (Å²) in [6.07, 6.45) is 0.616. The van der Waals surface area contributed by atoms with Crippen molar-refractivity contribution in [1.82, 2.24) is 14.5 Å². The number of aromatic nitrogens is 2. The van der Waals surface area contributed by atoms with Crippen molar-refractivity contribution in [2.75, 3.05) is 24.5 Å². The monoisotopic (exact) mass is 398 g/mol. The molecule has 0 spiro atoms. The van der Waals surface area contributed by atoms with E-state index in [0.29, 0.717) is 31.7 Å². The maximum absolute atomic E-state index is 13.1. The molecule has 1 aliphatic heterocycles. The van der Waals surface area contributed by atoms with Crippen molar-refractivity contribution in [2.24, 2.45) is 0 Å². The minimum Gasteiger partial charge on any atom is -0.306 e. The number of aromatic amines is 1. The van der Waals surface area contributed by atoms with Crippen LogP contribution in [-0.4, -0.2) is 48.5 Å². The van der Waals surface area contributed by atoms with Gasteiger partial charge in [0.1, 0.15) is 0 Å². The third-order valence-electron chi connectivity index (χ3n) is 5.21. The van der Waals surface area contributed by atoms with Crippen molar-refractivity contribution in [3.05, 3.63) is 53.7 Å². The average molecular weight is 398 g/mol. The van der Waals surface area contributed by atoms with Gasteiger partial charge in [0.2, 0.25) is 10.0 Å². The minimum atomic E-state index is -3.52. The smallest absolute Gasteiger partial charge is 0.279 e. The summed E-state index contributed by atoms with van der Waals surface area (Å²) < 4.78 is 27.0. The van der Waals surface area contributed by atoms with Crippen molar-refractivity contribution in [3.8, 4) is 0 Å². The Bertz CT molecular complexity index is 1150. The average Bonchev–Trinajstić information content (AvgIpc) is 3.32. The van der Waals surface area contributed by atoms with Gasteiger partial charge in [0, 0.05) is 30.7 Å². The van der Waals surface area contributed by atoms with Gasteiger partial charge in [-0.15, -0.1) is 0 Å². The summed E-state index contributed by atoms with van der Waals surface area (Å²) in [5.74, 6) is -0.185. The van der Waals surface area contributed by atoms with Crippen molar-refractivity contribution in [3.63, 3.8) is 0 Å². The zero-order valence-electron chi connectivity index (χ0n) is 15.8. The first kappa shape index (κ1) is 18.6. The molecule has 1 aliphatic rings. The van der Waals surface area contributed by atoms with Gasteiger partial charge in [0.05, 0.1) is 10.4 Å². The predicted octanol–water partition coefficient (Wildman–Crippen LogP) is 2.80. The van der Waals surface area contributed by atoms with Crippen molar-refractivity contribution in [1.29, 1.82) is 0 Å². The fourth-order valence-corrected chi connectivity index (χ4v) is 5.23. The molecule has 0 atom stereocenters. The highest BCUT2D eigenvalue weighted by atomic mass is 32.2. The lowest BCUT2D eigenvalue weighted by atomic mass is 10.1. The summed E-state index contributed by atoms with van der Waals surface area (Å²) in [5, 5.41) is 7.86. The van der Waals surface area contributed by atoms with Gasteiger partial charge >= 0.3 is 0 Å². The molecule has 0 bridgehead atoms. The lowest BCUT2D eigenvalue weighted by Gasteiger charge is -2.20. The van der Waals surface area contributed by atoms with Crippen LogP contribution in [0, 0.1) is 0 Å². The van der Waals surface area contributed by atoms with E-state index in [0.717, 1.165) is 22.2 Å². The molecular formula is C20H22N4O3S. The highest BCUT2D eigenvalue weighted by Gasteiger charge is 2.30. The van der Waals surface area contributed by atoms with E-state index in [1.54, 1.807) is 23.1 Å². The van der Waals surface area contributed by atoms with Crippen LogP contribution in [-0.2, 0) is 16.4 Å². The van der Waals surface area contributed by atoms with E-state index in [1.165, 1.54) is 4.31 Å². The molecule has 4 rings (SSSR count). The van der Waals surface area contributed by atoms with Crippen LogP contribution >= 0.6 is 0 Å². The molecule has 2 heterocycles. The van der Waals surface area contributed by atoms with E-state index in [9.17, 15) is 13.2 Å². The van der Waals surface area contributed by atoms with Crippen molar-refractivity contribution >= 4 is 32.5 Å². The van der Waals surface area contributed by atoms with Crippen LogP contribution < -0.4 is 4.90 Å². The third-order valence-corrected chi connectivity index (χ3v) is 7.25. The lowest BCUT2D eigenvalue weighted by molar-refractivity contribution is 0.0986. The summed E-state index contributed by atoms with van der Waals surface area (Å²) in [7, 11) is -3.52. The van der Waals surface area contributed by atoms with Crippen LogP contribution in [0.25, 0.3) is 10.9 Å². The molecule has 8 heteroatoms. The molecule has 0 unspecified atom stereocenters. The highest BCUT2D eigenvalue weighted by Crippen LogP contribution is 2.32. The van der Waals surface area contributed by atoms with Crippen LogP contribution in [0.15, 0.2) is 47.4 Å². The first-order chi connectivity index (χ1) is 13.5. The summed E-state index contributed by atoms with van der Waals surface area (Å²) in [6.45, 7) is 5.00. The van der Waals surface area contributed by atoms with Gasteiger partial charge in [-0.3, -0.25) is 9.89 Å². The molecule has 1 N–H and O–H groups in total. The highest BCUT2D eigenvalue weighted by molar-refractivity contribution is 7.89. The molecule has 2 aromatic carbocycles.